The number of halogens is 1. The van der Waals surface area contributed by atoms with Gasteiger partial charge < -0.3 is 14.7 Å². The highest BCUT2D eigenvalue weighted by Crippen LogP contribution is 2.21. The highest BCUT2D eigenvalue weighted by molar-refractivity contribution is 5.77. The summed E-state index contributed by atoms with van der Waals surface area (Å²) in [6, 6.07) is 4.12. The minimum Gasteiger partial charge on any atom is -0.484 e. The molecule has 1 aromatic carbocycles. The Labute approximate surface area is 99.6 Å². The predicted molar refractivity (Wildman–Crippen MR) is 61.2 cm³/mol. The number of benzene rings is 1. The summed E-state index contributed by atoms with van der Waals surface area (Å²) in [6.45, 7) is 1.34. The van der Waals surface area contributed by atoms with Gasteiger partial charge in [-0.2, -0.15) is 0 Å². The van der Waals surface area contributed by atoms with Gasteiger partial charge in [0.15, 0.2) is 6.61 Å². The van der Waals surface area contributed by atoms with Crippen LogP contribution >= 0.6 is 0 Å². The summed E-state index contributed by atoms with van der Waals surface area (Å²) in [7, 11) is 3.23. The van der Waals surface area contributed by atoms with Gasteiger partial charge in [-0.3, -0.25) is 4.79 Å². The van der Waals surface area contributed by atoms with E-state index in [1.807, 2.05) is 0 Å². The highest BCUT2D eigenvalue weighted by atomic mass is 19.1. The van der Waals surface area contributed by atoms with Crippen LogP contribution in [-0.4, -0.2) is 36.6 Å². The zero-order chi connectivity index (χ0) is 13.0. The third-order valence-corrected chi connectivity index (χ3v) is 2.28. The van der Waals surface area contributed by atoms with Gasteiger partial charge in [0, 0.05) is 25.7 Å². The molecule has 0 aromatic heterocycles. The molecule has 1 unspecified atom stereocenters. The van der Waals surface area contributed by atoms with Gasteiger partial charge in [-0.15, -0.1) is 0 Å². The zero-order valence-corrected chi connectivity index (χ0v) is 10.1. The molecule has 0 spiro atoms. The Morgan fingerprint density at radius 1 is 1.53 bits per heavy atom. The molecule has 5 heteroatoms. The van der Waals surface area contributed by atoms with Crippen molar-refractivity contribution in [3.63, 3.8) is 0 Å². The summed E-state index contributed by atoms with van der Waals surface area (Å²) in [5.41, 5.74) is 0.205. The molecule has 0 fully saturated rings. The van der Waals surface area contributed by atoms with Crippen molar-refractivity contribution in [2.24, 2.45) is 0 Å². The fourth-order valence-electron chi connectivity index (χ4n) is 1.21. The van der Waals surface area contributed by atoms with Crippen molar-refractivity contribution in [1.82, 2.24) is 4.90 Å². The first-order valence-electron chi connectivity index (χ1n) is 5.22. The molecule has 94 valence electrons. The standard InChI is InChI=1S/C12H16FNO3/c1-8(15)10-5-4-9(6-11(10)13)17-7-12(16)14(2)3/h4-6,8,15H,7H2,1-3H3. The lowest BCUT2D eigenvalue weighted by atomic mass is 10.1. The molecule has 1 rings (SSSR count). The van der Waals surface area contributed by atoms with Crippen molar-refractivity contribution < 1.29 is 19.0 Å². The van der Waals surface area contributed by atoms with Gasteiger partial charge in [-0.25, -0.2) is 4.39 Å². The van der Waals surface area contributed by atoms with Crippen LogP contribution in [0.25, 0.3) is 0 Å². The fourth-order valence-corrected chi connectivity index (χ4v) is 1.21. The minimum absolute atomic E-state index is 0.138. The topological polar surface area (TPSA) is 49.8 Å². The second kappa shape index (κ2) is 5.63. The number of likely N-dealkylation sites (N-methyl/N-ethyl adjacent to an activating group) is 1. The number of aliphatic hydroxyl groups is 1. The summed E-state index contributed by atoms with van der Waals surface area (Å²) in [5.74, 6) is -0.484. The van der Waals surface area contributed by atoms with Crippen LogP contribution in [0, 0.1) is 5.82 Å². The Morgan fingerprint density at radius 3 is 2.65 bits per heavy atom. The Kier molecular flexibility index (Phi) is 4.45. The third kappa shape index (κ3) is 3.71. The van der Waals surface area contributed by atoms with Crippen molar-refractivity contribution in [3.8, 4) is 5.75 Å². The first-order chi connectivity index (χ1) is 7.91. The molecule has 1 aromatic rings. The highest BCUT2D eigenvalue weighted by Gasteiger charge is 2.10. The van der Waals surface area contributed by atoms with Gasteiger partial charge in [0.25, 0.3) is 5.91 Å². The third-order valence-electron chi connectivity index (χ3n) is 2.28. The number of aliphatic hydroxyl groups excluding tert-OH is 1. The van der Waals surface area contributed by atoms with Crippen LogP contribution in [0.3, 0.4) is 0 Å². The van der Waals surface area contributed by atoms with Crippen LogP contribution in [0.1, 0.15) is 18.6 Å². The van der Waals surface area contributed by atoms with E-state index in [1.54, 1.807) is 14.1 Å². The number of carbonyl (C=O) groups excluding carboxylic acids is 1. The summed E-state index contributed by atoms with van der Waals surface area (Å²) in [4.78, 5) is 12.6. The van der Waals surface area contributed by atoms with Gasteiger partial charge in [0.2, 0.25) is 0 Å². The summed E-state index contributed by atoms with van der Waals surface area (Å²) in [5, 5.41) is 9.24. The van der Waals surface area contributed by atoms with Crippen LogP contribution in [0.5, 0.6) is 5.75 Å². The molecule has 0 radical (unpaired) electrons. The maximum absolute atomic E-state index is 13.4. The molecule has 1 atom stereocenters. The molecule has 1 amide bonds. The number of hydrogen-bond acceptors (Lipinski definition) is 3. The molecular formula is C12H16FNO3. The number of rotatable bonds is 4. The average Bonchev–Trinajstić information content (AvgIpc) is 2.25. The van der Waals surface area contributed by atoms with E-state index in [-0.39, 0.29) is 23.8 Å². The lowest BCUT2D eigenvalue weighted by Gasteiger charge is -2.12. The number of ether oxygens (including phenoxy) is 1. The first-order valence-corrected chi connectivity index (χ1v) is 5.22. The Balaban J connectivity index is 2.68. The van der Waals surface area contributed by atoms with Gasteiger partial charge in [0.05, 0.1) is 6.10 Å². The summed E-state index contributed by atoms with van der Waals surface area (Å²) in [6.07, 6.45) is -0.868. The molecule has 0 aliphatic carbocycles. The molecular weight excluding hydrogens is 225 g/mol. The Morgan fingerprint density at radius 2 is 2.18 bits per heavy atom. The molecule has 4 nitrogen and oxygen atoms in total. The number of carbonyl (C=O) groups is 1. The molecule has 17 heavy (non-hydrogen) atoms. The van der Waals surface area contributed by atoms with E-state index >= 15 is 0 Å². The molecule has 0 heterocycles. The van der Waals surface area contributed by atoms with E-state index in [1.165, 1.54) is 24.0 Å². The maximum atomic E-state index is 13.4. The number of hydrogen-bond donors (Lipinski definition) is 1. The van der Waals surface area contributed by atoms with Crippen molar-refractivity contribution in [2.45, 2.75) is 13.0 Å². The average molecular weight is 241 g/mol. The van der Waals surface area contributed by atoms with E-state index in [9.17, 15) is 14.3 Å². The van der Waals surface area contributed by atoms with Gasteiger partial charge in [-0.05, 0) is 19.1 Å². The lowest BCUT2D eigenvalue weighted by molar-refractivity contribution is -0.130. The van der Waals surface area contributed by atoms with Crippen LogP contribution in [0.15, 0.2) is 18.2 Å². The van der Waals surface area contributed by atoms with Crippen molar-refractivity contribution in [1.29, 1.82) is 0 Å². The predicted octanol–water partition coefficient (Wildman–Crippen LogP) is 1.35. The van der Waals surface area contributed by atoms with Gasteiger partial charge in [0.1, 0.15) is 11.6 Å². The summed E-state index contributed by atoms with van der Waals surface area (Å²) < 4.78 is 18.6. The minimum atomic E-state index is -0.868. The zero-order valence-electron chi connectivity index (χ0n) is 10.1. The van der Waals surface area contributed by atoms with E-state index in [0.29, 0.717) is 0 Å². The summed E-state index contributed by atoms with van der Waals surface area (Å²) >= 11 is 0. The molecule has 0 bridgehead atoms. The monoisotopic (exact) mass is 241 g/mol. The lowest BCUT2D eigenvalue weighted by Crippen LogP contribution is -2.27. The van der Waals surface area contributed by atoms with Crippen molar-refractivity contribution in [3.05, 3.63) is 29.6 Å². The molecule has 0 aliphatic rings. The second-order valence-electron chi connectivity index (χ2n) is 3.94. The second-order valence-corrected chi connectivity index (χ2v) is 3.94. The van der Waals surface area contributed by atoms with E-state index in [0.717, 1.165) is 6.07 Å². The van der Waals surface area contributed by atoms with Crippen LogP contribution in [0.4, 0.5) is 4.39 Å². The van der Waals surface area contributed by atoms with Gasteiger partial charge >= 0.3 is 0 Å². The molecule has 1 N–H and O–H groups in total. The molecule has 0 saturated carbocycles. The largest absolute Gasteiger partial charge is 0.484 e. The molecule has 0 aliphatic heterocycles. The van der Waals surface area contributed by atoms with Crippen molar-refractivity contribution >= 4 is 5.91 Å². The van der Waals surface area contributed by atoms with E-state index < -0.39 is 11.9 Å². The van der Waals surface area contributed by atoms with Crippen LogP contribution in [-0.2, 0) is 4.79 Å². The first kappa shape index (κ1) is 13.4. The normalized spacial score (nSPS) is 12.1. The quantitative estimate of drug-likeness (QED) is 0.865. The number of nitrogens with zero attached hydrogens (tertiary/aromatic N) is 1. The maximum Gasteiger partial charge on any atom is 0.259 e. The van der Waals surface area contributed by atoms with E-state index in [2.05, 4.69) is 0 Å². The SMILES string of the molecule is CC(O)c1ccc(OCC(=O)N(C)C)cc1F. The Bertz CT molecular complexity index is 405. The van der Waals surface area contributed by atoms with Gasteiger partial charge in [-0.1, -0.05) is 0 Å². The van der Waals surface area contributed by atoms with E-state index in [4.69, 9.17) is 4.74 Å². The van der Waals surface area contributed by atoms with Crippen molar-refractivity contribution in [2.75, 3.05) is 20.7 Å². The number of amides is 1. The van der Waals surface area contributed by atoms with Crippen LogP contribution < -0.4 is 4.74 Å². The molecule has 0 saturated heterocycles. The fraction of sp³-hybridized carbons (Fsp3) is 0.417. The smallest absolute Gasteiger partial charge is 0.259 e. The Hall–Kier alpha value is -1.62. The van der Waals surface area contributed by atoms with Crippen LogP contribution in [0.2, 0.25) is 0 Å².